The molecule has 1 fully saturated rings. The number of benzene rings is 2. The van der Waals surface area contributed by atoms with E-state index in [1.54, 1.807) is 0 Å². The molecule has 1 unspecified atom stereocenters. The maximum absolute atomic E-state index is 12.8. The number of amides is 2. The number of rotatable bonds is 4. The second-order valence-corrected chi connectivity index (χ2v) is 7.00. The van der Waals surface area contributed by atoms with Crippen LogP contribution in [0, 0.1) is 12.8 Å². The molecule has 1 aliphatic heterocycles. The number of carbonyl (C=O) groups excluding carboxylic acids is 2. The zero-order valence-corrected chi connectivity index (χ0v) is 15.5. The fraction of sp³-hybridized carbons (Fsp3) is 0.364. The normalized spacial score (nSPS) is 17.0. The largest absolute Gasteiger partial charge is 0.338 e. The predicted octanol–water partition coefficient (Wildman–Crippen LogP) is 4.05. The summed E-state index contributed by atoms with van der Waals surface area (Å²) in [5.41, 5.74) is 3.79. The van der Waals surface area contributed by atoms with Gasteiger partial charge >= 0.3 is 0 Å². The van der Waals surface area contributed by atoms with E-state index < -0.39 is 0 Å². The molecule has 4 heteroatoms. The summed E-state index contributed by atoms with van der Waals surface area (Å²) in [6.45, 7) is 5.26. The Bertz CT molecular complexity index is 800. The number of anilines is 1. The summed E-state index contributed by atoms with van der Waals surface area (Å²) in [5.74, 6) is -0.151. The molecule has 0 spiro atoms. The molecule has 1 aliphatic rings. The summed E-state index contributed by atoms with van der Waals surface area (Å²) < 4.78 is 0. The van der Waals surface area contributed by atoms with E-state index in [1.807, 2.05) is 54.3 Å². The molecule has 4 nitrogen and oxygen atoms in total. The lowest BCUT2D eigenvalue weighted by atomic mass is 9.96. The van der Waals surface area contributed by atoms with Gasteiger partial charge in [0, 0.05) is 24.3 Å². The second-order valence-electron chi connectivity index (χ2n) is 7.00. The van der Waals surface area contributed by atoms with Crippen molar-refractivity contribution in [3.05, 3.63) is 65.2 Å². The monoisotopic (exact) mass is 350 g/mol. The van der Waals surface area contributed by atoms with Gasteiger partial charge in [-0.1, -0.05) is 36.8 Å². The van der Waals surface area contributed by atoms with Gasteiger partial charge in [0.25, 0.3) is 5.91 Å². The van der Waals surface area contributed by atoms with Crippen molar-refractivity contribution in [3.8, 4) is 0 Å². The summed E-state index contributed by atoms with van der Waals surface area (Å²) in [4.78, 5) is 27.2. The summed E-state index contributed by atoms with van der Waals surface area (Å²) in [6, 6.07) is 15.6. The minimum absolute atomic E-state index is 0.00000436. The van der Waals surface area contributed by atoms with Crippen molar-refractivity contribution in [3.63, 3.8) is 0 Å². The molecule has 136 valence electrons. The van der Waals surface area contributed by atoms with Crippen LogP contribution in [0.2, 0.25) is 0 Å². The first-order chi connectivity index (χ1) is 12.6. The molecule has 0 saturated carbocycles. The van der Waals surface area contributed by atoms with Gasteiger partial charge in [0.1, 0.15) is 0 Å². The molecule has 1 heterocycles. The first kappa shape index (κ1) is 18.2. The van der Waals surface area contributed by atoms with Crippen LogP contribution in [0.5, 0.6) is 0 Å². The molecule has 2 amide bonds. The van der Waals surface area contributed by atoms with Crippen LogP contribution in [-0.4, -0.2) is 29.8 Å². The van der Waals surface area contributed by atoms with Crippen molar-refractivity contribution in [1.82, 2.24) is 4.90 Å². The predicted molar refractivity (Wildman–Crippen MR) is 104 cm³/mol. The van der Waals surface area contributed by atoms with Crippen LogP contribution >= 0.6 is 0 Å². The van der Waals surface area contributed by atoms with E-state index in [-0.39, 0.29) is 17.7 Å². The lowest BCUT2D eigenvalue weighted by Gasteiger charge is -2.32. The smallest absolute Gasteiger partial charge is 0.253 e. The molecule has 0 aliphatic carbocycles. The average Bonchev–Trinajstić information content (AvgIpc) is 2.67. The van der Waals surface area contributed by atoms with Crippen LogP contribution in [0.4, 0.5) is 5.69 Å². The minimum atomic E-state index is -0.164. The Morgan fingerprint density at radius 2 is 1.96 bits per heavy atom. The molecule has 1 saturated heterocycles. The van der Waals surface area contributed by atoms with Crippen molar-refractivity contribution >= 4 is 17.5 Å². The number of carbonyl (C=O) groups is 2. The Kier molecular flexibility index (Phi) is 5.71. The van der Waals surface area contributed by atoms with Crippen LogP contribution < -0.4 is 5.32 Å². The van der Waals surface area contributed by atoms with Crippen LogP contribution in [0.25, 0.3) is 0 Å². The van der Waals surface area contributed by atoms with E-state index in [4.69, 9.17) is 0 Å². The Balaban J connectivity index is 1.65. The van der Waals surface area contributed by atoms with Crippen LogP contribution in [0.15, 0.2) is 48.5 Å². The highest BCUT2D eigenvalue weighted by molar-refractivity contribution is 5.96. The van der Waals surface area contributed by atoms with Gasteiger partial charge in [-0.3, -0.25) is 9.59 Å². The summed E-state index contributed by atoms with van der Waals surface area (Å²) in [5, 5.41) is 3.02. The Labute approximate surface area is 155 Å². The third kappa shape index (κ3) is 4.31. The van der Waals surface area contributed by atoms with Gasteiger partial charge in [-0.25, -0.2) is 0 Å². The van der Waals surface area contributed by atoms with Crippen LogP contribution in [-0.2, 0) is 11.2 Å². The molecule has 2 aromatic carbocycles. The molecule has 26 heavy (non-hydrogen) atoms. The third-order valence-corrected chi connectivity index (χ3v) is 4.95. The van der Waals surface area contributed by atoms with Gasteiger partial charge < -0.3 is 10.2 Å². The third-order valence-electron chi connectivity index (χ3n) is 4.95. The molecule has 0 aromatic heterocycles. The lowest BCUT2D eigenvalue weighted by Crippen LogP contribution is -2.43. The maximum atomic E-state index is 12.8. The van der Waals surface area contributed by atoms with Crippen molar-refractivity contribution in [2.24, 2.45) is 5.92 Å². The molecular formula is C22H26N2O2. The number of hydrogen-bond donors (Lipinski definition) is 1. The number of aryl methyl sites for hydroxylation is 2. The van der Waals surface area contributed by atoms with Crippen molar-refractivity contribution in [2.75, 3.05) is 18.4 Å². The first-order valence-corrected chi connectivity index (χ1v) is 9.32. The molecule has 2 aromatic rings. The van der Waals surface area contributed by atoms with E-state index in [9.17, 15) is 9.59 Å². The average molecular weight is 350 g/mol. The van der Waals surface area contributed by atoms with Crippen LogP contribution in [0.1, 0.15) is 41.3 Å². The van der Waals surface area contributed by atoms with Crippen molar-refractivity contribution in [1.29, 1.82) is 0 Å². The topological polar surface area (TPSA) is 49.4 Å². The Morgan fingerprint density at radius 1 is 1.15 bits per heavy atom. The number of nitrogens with zero attached hydrogens (tertiary/aromatic N) is 1. The van der Waals surface area contributed by atoms with E-state index in [0.29, 0.717) is 18.7 Å². The minimum Gasteiger partial charge on any atom is -0.338 e. The molecular weight excluding hydrogens is 324 g/mol. The Hall–Kier alpha value is -2.62. The standard InChI is InChI=1S/C22H26N2O2/c1-3-17-8-5-11-20(14-17)23-21(25)19-10-6-12-24(15-19)22(26)18-9-4-7-16(2)13-18/h4-5,7-9,11,13-14,19H,3,6,10,12,15H2,1-2H3,(H,23,25). The van der Waals surface area contributed by atoms with E-state index in [1.165, 1.54) is 5.56 Å². The summed E-state index contributed by atoms with van der Waals surface area (Å²) in [7, 11) is 0. The van der Waals surface area contributed by atoms with E-state index in [2.05, 4.69) is 18.3 Å². The highest BCUT2D eigenvalue weighted by Gasteiger charge is 2.29. The zero-order chi connectivity index (χ0) is 18.5. The molecule has 0 radical (unpaired) electrons. The fourth-order valence-corrected chi connectivity index (χ4v) is 3.45. The molecule has 1 atom stereocenters. The van der Waals surface area contributed by atoms with E-state index >= 15 is 0 Å². The van der Waals surface area contributed by atoms with Gasteiger partial charge in [-0.15, -0.1) is 0 Å². The lowest BCUT2D eigenvalue weighted by molar-refractivity contribution is -0.121. The van der Waals surface area contributed by atoms with E-state index in [0.717, 1.165) is 30.5 Å². The number of piperidine rings is 1. The Morgan fingerprint density at radius 3 is 2.73 bits per heavy atom. The summed E-state index contributed by atoms with van der Waals surface area (Å²) in [6.07, 6.45) is 2.60. The number of hydrogen-bond acceptors (Lipinski definition) is 2. The second kappa shape index (κ2) is 8.17. The van der Waals surface area contributed by atoms with Crippen molar-refractivity contribution in [2.45, 2.75) is 33.1 Å². The summed E-state index contributed by atoms with van der Waals surface area (Å²) >= 11 is 0. The number of likely N-dealkylation sites (tertiary alicyclic amines) is 1. The SMILES string of the molecule is CCc1cccc(NC(=O)C2CCCN(C(=O)c3cccc(C)c3)C2)c1. The molecule has 0 bridgehead atoms. The highest BCUT2D eigenvalue weighted by atomic mass is 16.2. The van der Waals surface area contributed by atoms with Gasteiger partial charge in [0.15, 0.2) is 0 Å². The molecule has 1 N–H and O–H groups in total. The van der Waals surface area contributed by atoms with Gasteiger partial charge in [0.05, 0.1) is 5.92 Å². The first-order valence-electron chi connectivity index (χ1n) is 9.32. The zero-order valence-electron chi connectivity index (χ0n) is 15.5. The number of nitrogens with one attached hydrogen (secondary N) is 1. The van der Waals surface area contributed by atoms with Crippen LogP contribution in [0.3, 0.4) is 0 Å². The fourth-order valence-electron chi connectivity index (χ4n) is 3.45. The van der Waals surface area contributed by atoms with Gasteiger partial charge in [-0.2, -0.15) is 0 Å². The maximum Gasteiger partial charge on any atom is 0.253 e. The van der Waals surface area contributed by atoms with Gasteiger partial charge in [0.2, 0.25) is 5.91 Å². The quantitative estimate of drug-likeness (QED) is 0.904. The molecule has 3 rings (SSSR count). The highest BCUT2D eigenvalue weighted by Crippen LogP contribution is 2.21. The van der Waals surface area contributed by atoms with Crippen molar-refractivity contribution < 1.29 is 9.59 Å². The van der Waals surface area contributed by atoms with Gasteiger partial charge in [-0.05, 0) is 56.0 Å².